The second kappa shape index (κ2) is 15.1. The van der Waals surface area contributed by atoms with E-state index in [1.54, 1.807) is 68.7 Å². The van der Waals surface area contributed by atoms with E-state index in [1.807, 2.05) is 0 Å². The first kappa shape index (κ1) is 36.0. The summed E-state index contributed by atoms with van der Waals surface area (Å²) in [6, 6.07) is 19.5. The number of ether oxygens (including phenoxy) is 3. The predicted octanol–water partition coefficient (Wildman–Crippen LogP) is 5.76. The summed E-state index contributed by atoms with van der Waals surface area (Å²) in [6.07, 6.45) is 0. The minimum Gasteiger partial charge on any atom is -0.496 e. The third kappa shape index (κ3) is 7.36. The molecule has 0 radical (unpaired) electrons. The Morgan fingerprint density at radius 3 is 1.45 bits per heavy atom. The number of para-hydroxylation sites is 2. The van der Waals surface area contributed by atoms with Crippen LogP contribution >= 0.6 is 22.7 Å². The van der Waals surface area contributed by atoms with Crippen LogP contribution in [0.1, 0.15) is 41.4 Å². The van der Waals surface area contributed by atoms with Crippen LogP contribution in [0.3, 0.4) is 0 Å². The molecule has 0 atom stereocenters. The standard InChI is InChI=1S/C18H15NO6S.C17H13NO6S/c1-19(16(20)10-6-4-5-7-12(10)23-2)15-9-13-14(26-15)8-11(17(21)24-3)18(22)25-13;1-18(15(19)9-5-3-4-6-11(9)23-2)14-8-12-13(25-14)7-10(16(20)21)17(22)24-12/h4-9H,1-3H3;3-8H,1-2H3,(H,20,21). The van der Waals surface area contributed by atoms with Gasteiger partial charge in [0.25, 0.3) is 11.8 Å². The van der Waals surface area contributed by atoms with E-state index in [4.69, 9.17) is 23.4 Å². The molecule has 4 heterocycles. The molecule has 0 saturated heterocycles. The van der Waals surface area contributed by atoms with E-state index in [0.29, 0.717) is 47.6 Å². The lowest BCUT2D eigenvalue weighted by Gasteiger charge is -2.16. The molecule has 2 aromatic carbocycles. The number of methoxy groups -OCH3 is 3. The molecule has 51 heavy (non-hydrogen) atoms. The molecule has 1 N–H and O–H groups in total. The molecule has 6 aromatic rings. The van der Waals surface area contributed by atoms with Gasteiger partial charge in [0.1, 0.15) is 32.6 Å². The molecular weight excluding hydrogens is 705 g/mol. The normalized spacial score (nSPS) is 10.6. The Bertz CT molecular complexity index is 2420. The van der Waals surface area contributed by atoms with Crippen molar-refractivity contribution in [1.82, 2.24) is 0 Å². The molecule has 0 aliphatic carbocycles. The first-order valence-electron chi connectivity index (χ1n) is 14.7. The molecule has 0 aliphatic rings. The number of hydrogen-bond acceptors (Lipinski definition) is 13. The van der Waals surface area contributed by atoms with Crippen LogP contribution in [0, 0.1) is 0 Å². The number of hydrogen-bond donors (Lipinski definition) is 1. The predicted molar refractivity (Wildman–Crippen MR) is 190 cm³/mol. The zero-order valence-electron chi connectivity index (χ0n) is 27.6. The number of carboxylic acid groups (broad SMARTS) is 1. The SMILES string of the molecule is COC(=O)c1cc2sc(N(C)C(=O)c3ccccc3OC)cc2oc1=O.COc1ccccc1C(=O)N(C)c1cc2oc(=O)c(C(=O)O)cc2s1. The lowest BCUT2D eigenvalue weighted by atomic mass is 10.2. The monoisotopic (exact) mass is 732 g/mol. The number of nitrogens with zero attached hydrogens (tertiary/aromatic N) is 2. The van der Waals surface area contributed by atoms with Gasteiger partial charge in [0.15, 0.2) is 11.2 Å². The van der Waals surface area contributed by atoms with Gasteiger partial charge in [-0.15, -0.1) is 22.7 Å². The average molecular weight is 733 g/mol. The molecule has 14 nitrogen and oxygen atoms in total. The van der Waals surface area contributed by atoms with Gasteiger partial charge in [-0.05, 0) is 36.4 Å². The lowest BCUT2D eigenvalue weighted by Crippen LogP contribution is -2.25. The van der Waals surface area contributed by atoms with Crippen LogP contribution in [-0.2, 0) is 4.74 Å². The maximum Gasteiger partial charge on any atom is 0.351 e. The molecule has 0 saturated carbocycles. The van der Waals surface area contributed by atoms with Crippen molar-refractivity contribution in [3.63, 3.8) is 0 Å². The van der Waals surface area contributed by atoms with Crippen molar-refractivity contribution >= 4 is 77.0 Å². The van der Waals surface area contributed by atoms with Crippen molar-refractivity contribution in [2.45, 2.75) is 0 Å². The molecule has 0 aliphatic heterocycles. The van der Waals surface area contributed by atoms with E-state index in [0.717, 1.165) is 11.3 Å². The Morgan fingerprint density at radius 2 is 1.04 bits per heavy atom. The molecule has 0 fully saturated rings. The van der Waals surface area contributed by atoms with Crippen molar-refractivity contribution < 1.29 is 47.3 Å². The van der Waals surface area contributed by atoms with Crippen molar-refractivity contribution in [2.24, 2.45) is 0 Å². The summed E-state index contributed by atoms with van der Waals surface area (Å²) >= 11 is 2.37. The Labute approximate surface area is 296 Å². The van der Waals surface area contributed by atoms with E-state index in [9.17, 15) is 28.8 Å². The van der Waals surface area contributed by atoms with E-state index >= 15 is 0 Å². The molecule has 0 bridgehead atoms. The maximum absolute atomic E-state index is 12.8. The number of carbonyl (C=O) groups excluding carboxylic acids is 3. The Morgan fingerprint density at radius 1 is 0.627 bits per heavy atom. The maximum atomic E-state index is 12.8. The van der Waals surface area contributed by atoms with Crippen LogP contribution in [0.2, 0.25) is 0 Å². The van der Waals surface area contributed by atoms with Gasteiger partial charge in [0, 0.05) is 26.2 Å². The third-order valence-electron chi connectivity index (χ3n) is 7.40. The zero-order chi connectivity index (χ0) is 37.0. The summed E-state index contributed by atoms with van der Waals surface area (Å²) in [4.78, 5) is 74.5. The fraction of sp³-hybridized carbons (Fsp3) is 0.143. The van der Waals surface area contributed by atoms with Crippen LogP contribution in [0.5, 0.6) is 11.5 Å². The van der Waals surface area contributed by atoms with Gasteiger partial charge in [-0.3, -0.25) is 9.59 Å². The zero-order valence-corrected chi connectivity index (χ0v) is 29.2. The van der Waals surface area contributed by atoms with Crippen LogP contribution in [0.25, 0.3) is 20.6 Å². The van der Waals surface area contributed by atoms with E-state index in [2.05, 4.69) is 4.74 Å². The lowest BCUT2D eigenvalue weighted by molar-refractivity contribution is 0.0595. The second-order valence-electron chi connectivity index (χ2n) is 10.4. The van der Waals surface area contributed by atoms with Gasteiger partial charge in [-0.25, -0.2) is 19.2 Å². The molecule has 4 aromatic heterocycles. The van der Waals surface area contributed by atoms with Crippen LogP contribution in [0.15, 0.2) is 91.2 Å². The van der Waals surface area contributed by atoms with Crippen molar-refractivity contribution in [1.29, 1.82) is 0 Å². The number of anilines is 2. The second-order valence-corrected chi connectivity index (χ2v) is 12.6. The Hall–Kier alpha value is -6.26. The topological polar surface area (TPSA) is 183 Å². The van der Waals surface area contributed by atoms with Crippen LogP contribution in [0.4, 0.5) is 10.0 Å². The van der Waals surface area contributed by atoms with Crippen molar-refractivity contribution in [2.75, 3.05) is 45.2 Å². The summed E-state index contributed by atoms with van der Waals surface area (Å²) in [5, 5.41) is 10.1. The largest absolute Gasteiger partial charge is 0.496 e. The van der Waals surface area contributed by atoms with E-state index < -0.39 is 28.8 Å². The molecule has 2 amide bonds. The first-order valence-corrected chi connectivity index (χ1v) is 16.3. The summed E-state index contributed by atoms with van der Waals surface area (Å²) in [6.45, 7) is 0. The number of fused-ring (bicyclic) bond motifs is 2. The van der Waals surface area contributed by atoms with Crippen LogP contribution < -0.4 is 30.5 Å². The molecule has 262 valence electrons. The number of thiophene rings is 2. The Kier molecular flexibility index (Phi) is 10.7. The summed E-state index contributed by atoms with van der Waals surface area (Å²) in [5.41, 5.74) is -1.02. The smallest absolute Gasteiger partial charge is 0.351 e. The fourth-order valence-corrected chi connectivity index (χ4v) is 6.72. The summed E-state index contributed by atoms with van der Waals surface area (Å²) in [7, 11) is 7.35. The molecule has 6 rings (SSSR count). The minimum atomic E-state index is -1.36. The highest BCUT2D eigenvalue weighted by Crippen LogP contribution is 2.35. The fourth-order valence-electron chi connectivity index (χ4n) is 4.74. The van der Waals surface area contributed by atoms with Gasteiger partial charge < -0.3 is 38.0 Å². The summed E-state index contributed by atoms with van der Waals surface area (Å²) < 4.78 is 26.2. The number of carboxylic acids is 1. The van der Waals surface area contributed by atoms with Crippen molar-refractivity contribution in [3.05, 3.63) is 116 Å². The molecule has 0 unspecified atom stereocenters. The number of benzene rings is 2. The van der Waals surface area contributed by atoms with E-state index in [-0.39, 0.29) is 23.0 Å². The van der Waals surface area contributed by atoms with E-state index in [1.165, 1.54) is 60.7 Å². The quantitative estimate of drug-likeness (QED) is 0.187. The number of rotatable bonds is 8. The van der Waals surface area contributed by atoms with Gasteiger partial charge in [0.2, 0.25) is 0 Å². The Balaban J connectivity index is 0.000000198. The number of amides is 2. The van der Waals surface area contributed by atoms with Crippen LogP contribution in [-0.4, -0.2) is 64.3 Å². The highest BCUT2D eigenvalue weighted by atomic mass is 32.1. The van der Waals surface area contributed by atoms with Gasteiger partial charge >= 0.3 is 23.2 Å². The first-order chi connectivity index (χ1) is 24.4. The van der Waals surface area contributed by atoms with Gasteiger partial charge in [-0.2, -0.15) is 0 Å². The van der Waals surface area contributed by atoms with Gasteiger partial charge in [0.05, 0.1) is 41.9 Å². The number of aromatic carboxylic acids is 1. The third-order valence-corrected chi connectivity index (χ3v) is 9.68. The van der Waals surface area contributed by atoms with Gasteiger partial charge in [-0.1, -0.05) is 24.3 Å². The average Bonchev–Trinajstić information content (AvgIpc) is 3.76. The highest BCUT2D eigenvalue weighted by Gasteiger charge is 2.23. The highest BCUT2D eigenvalue weighted by molar-refractivity contribution is 7.23. The molecule has 16 heteroatoms. The minimum absolute atomic E-state index is 0.188. The molecular formula is C35H28N2O12S2. The number of carbonyl (C=O) groups is 4. The molecule has 0 spiro atoms. The number of esters is 1. The van der Waals surface area contributed by atoms with Crippen molar-refractivity contribution in [3.8, 4) is 11.5 Å². The summed E-state index contributed by atoms with van der Waals surface area (Å²) in [5.74, 6) is -1.79.